The molecule has 5 nitrogen and oxygen atoms in total. The zero-order chi connectivity index (χ0) is 16.1. The van der Waals surface area contributed by atoms with E-state index in [9.17, 15) is 9.36 Å². The Kier molecular flexibility index (Phi) is 7.75. The molecule has 0 aliphatic carbocycles. The number of hydrogen-bond donors (Lipinski definition) is 0. The van der Waals surface area contributed by atoms with Gasteiger partial charge in [-0.1, -0.05) is 20.8 Å². The van der Waals surface area contributed by atoms with Crippen LogP contribution in [-0.2, 0) is 23.1 Å². The number of hydrogen-bond acceptors (Lipinski definition) is 5. The summed E-state index contributed by atoms with van der Waals surface area (Å²) >= 11 is 5.46. The fourth-order valence-electron chi connectivity index (χ4n) is 1.59. The summed E-state index contributed by atoms with van der Waals surface area (Å²) in [7, 11) is -3.63. The Bertz CT molecular complexity index is 348. The molecule has 0 N–H and O–H groups in total. The molecule has 0 aromatic carbocycles. The lowest BCUT2D eigenvalue weighted by Gasteiger charge is -2.36. The third-order valence-corrected chi connectivity index (χ3v) is 5.20. The molecule has 0 radical (unpaired) electrons. The van der Waals surface area contributed by atoms with Gasteiger partial charge in [-0.15, -0.1) is 11.6 Å². The van der Waals surface area contributed by atoms with Crippen molar-refractivity contribution in [3.63, 3.8) is 0 Å². The molecule has 1 atom stereocenters. The Hall–Kier alpha value is -0.0900. The van der Waals surface area contributed by atoms with Crippen molar-refractivity contribution >= 4 is 25.2 Å². The van der Waals surface area contributed by atoms with Crippen LogP contribution in [0.3, 0.4) is 0 Å². The molecule has 0 aromatic heterocycles. The average molecular weight is 329 g/mol. The van der Waals surface area contributed by atoms with Crippen molar-refractivity contribution in [3.05, 3.63) is 0 Å². The van der Waals surface area contributed by atoms with Crippen LogP contribution in [0.5, 0.6) is 0 Å². The predicted octanol–water partition coefficient (Wildman–Crippen LogP) is 4.18. The van der Waals surface area contributed by atoms with Crippen LogP contribution in [0.4, 0.5) is 0 Å². The Labute approximate surface area is 126 Å². The van der Waals surface area contributed by atoms with Gasteiger partial charge in [0, 0.05) is 5.41 Å². The van der Waals surface area contributed by atoms with Crippen molar-refractivity contribution in [1.82, 2.24) is 0 Å². The quantitative estimate of drug-likeness (QED) is 0.398. The Morgan fingerprint density at radius 3 is 1.75 bits per heavy atom. The number of halogens is 1. The molecular formula is C13H26ClO5P. The van der Waals surface area contributed by atoms with E-state index in [0.717, 1.165) is 0 Å². The third kappa shape index (κ3) is 6.57. The molecule has 0 spiro atoms. The van der Waals surface area contributed by atoms with E-state index in [2.05, 4.69) is 0 Å². The largest absolute Gasteiger partial charge is 0.448 e. The highest BCUT2D eigenvalue weighted by Crippen LogP contribution is 2.60. The molecular weight excluding hydrogens is 303 g/mol. The molecule has 0 bridgehead atoms. The number of alkyl halides is 1. The predicted molar refractivity (Wildman–Crippen MR) is 80.1 cm³/mol. The Balaban J connectivity index is 5.51. The minimum Gasteiger partial charge on any atom is -0.448 e. The van der Waals surface area contributed by atoms with Gasteiger partial charge in [0.05, 0.1) is 12.2 Å². The second-order valence-corrected chi connectivity index (χ2v) is 8.43. The second kappa shape index (κ2) is 7.79. The molecule has 0 heterocycles. The van der Waals surface area contributed by atoms with E-state index in [1.165, 1.54) is 0 Å². The Morgan fingerprint density at radius 1 is 1.10 bits per heavy atom. The average Bonchev–Trinajstić information content (AvgIpc) is 2.21. The second-order valence-electron chi connectivity index (χ2n) is 6.19. The summed E-state index contributed by atoms with van der Waals surface area (Å²) in [4.78, 5) is 11.5. The van der Waals surface area contributed by atoms with E-state index in [-0.39, 0.29) is 18.1 Å². The molecule has 0 amide bonds. The van der Waals surface area contributed by atoms with Crippen molar-refractivity contribution in [2.24, 2.45) is 5.41 Å². The molecule has 0 saturated carbocycles. The summed E-state index contributed by atoms with van der Waals surface area (Å²) in [5.74, 6) is -1.96. The molecule has 0 rings (SSSR count). The van der Waals surface area contributed by atoms with E-state index in [1.807, 2.05) is 0 Å². The number of esters is 1. The van der Waals surface area contributed by atoms with Gasteiger partial charge < -0.3 is 13.8 Å². The van der Waals surface area contributed by atoms with Crippen LogP contribution in [-0.4, -0.2) is 29.9 Å². The number of ether oxygens (including phenoxy) is 1. The monoisotopic (exact) mass is 328 g/mol. The SMILES string of the molecule is CC(C)OP(=O)(OC(C)C)[C@@H](OC(=O)CCl)C(C)(C)C. The number of carbonyl (C=O) groups is 1. The fourth-order valence-corrected chi connectivity index (χ4v) is 4.30. The summed E-state index contributed by atoms with van der Waals surface area (Å²) in [6.45, 7) is 12.4. The van der Waals surface area contributed by atoms with E-state index < -0.39 is 24.8 Å². The van der Waals surface area contributed by atoms with Crippen LogP contribution in [0, 0.1) is 5.41 Å². The lowest BCUT2D eigenvalue weighted by Crippen LogP contribution is -2.34. The van der Waals surface area contributed by atoms with E-state index in [1.54, 1.807) is 48.5 Å². The molecule has 0 aromatic rings. The van der Waals surface area contributed by atoms with Gasteiger partial charge in [-0.2, -0.15) is 0 Å². The molecule has 7 heteroatoms. The molecule has 120 valence electrons. The fraction of sp³-hybridized carbons (Fsp3) is 0.923. The minimum absolute atomic E-state index is 0.310. The highest BCUT2D eigenvalue weighted by Gasteiger charge is 2.48. The smallest absolute Gasteiger partial charge is 0.371 e. The summed E-state index contributed by atoms with van der Waals surface area (Å²) in [5.41, 5.74) is -0.610. The van der Waals surface area contributed by atoms with Crippen molar-refractivity contribution in [2.45, 2.75) is 66.5 Å². The number of rotatable bonds is 7. The first-order chi connectivity index (χ1) is 8.92. The van der Waals surface area contributed by atoms with Gasteiger partial charge in [0.25, 0.3) is 0 Å². The summed E-state index contributed by atoms with van der Waals surface area (Å²) in [5, 5.41) is 0. The van der Waals surface area contributed by atoms with E-state index >= 15 is 0 Å². The van der Waals surface area contributed by atoms with Gasteiger partial charge >= 0.3 is 13.6 Å². The van der Waals surface area contributed by atoms with Crippen molar-refractivity contribution < 1.29 is 23.1 Å². The third-order valence-electron chi connectivity index (χ3n) is 2.10. The summed E-state index contributed by atoms with van der Waals surface area (Å²) in [6.07, 6.45) is -0.640. The van der Waals surface area contributed by atoms with Crippen LogP contribution in [0.1, 0.15) is 48.5 Å². The zero-order valence-corrected chi connectivity index (χ0v) is 15.0. The van der Waals surface area contributed by atoms with Crippen LogP contribution in [0.15, 0.2) is 0 Å². The van der Waals surface area contributed by atoms with Gasteiger partial charge in [0.15, 0.2) is 0 Å². The normalized spacial score (nSPS) is 14.7. The van der Waals surface area contributed by atoms with Gasteiger partial charge in [-0.25, -0.2) is 0 Å². The van der Waals surface area contributed by atoms with Crippen LogP contribution in [0.2, 0.25) is 0 Å². The number of carbonyl (C=O) groups excluding carboxylic acids is 1. The van der Waals surface area contributed by atoms with Crippen molar-refractivity contribution in [2.75, 3.05) is 5.88 Å². The summed E-state index contributed by atoms with van der Waals surface area (Å²) < 4.78 is 29.3. The first-order valence-corrected chi connectivity index (χ1v) is 8.79. The first-order valence-electron chi connectivity index (χ1n) is 6.64. The first kappa shape index (κ1) is 19.9. The highest BCUT2D eigenvalue weighted by molar-refractivity contribution is 7.54. The maximum atomic E-state index is 13.1. The molecule has 0 aliphatic heterocycles. The van der Waals surface area contributed by atoms with Crippen LogP contribution in [0.25, 0.3) is 0 Å². The van der Waals surface area contributed by atoms with Gasteiger partial charge in [-0.3, -0.25) is 9.36 Å². The molecule has 20 heavy (non-hydrogen) atoms. The van der Waals surface area contributed by atoms with Gasteiger partial charge in [0.2, 0.25) is 5.85 Å². The maximum Gasteiger partial charge on any atom is 0.371 e. The van der Waals surface area contributed by atoms with Crippen molar-refractivity contribution in [3.8, 4) is 0 Å². The lowest BCUT2D eigenvalue weighted by molar-refractivity contribution is -0.147. The zero-order valence-electron chi connectivity index (χ0n) is 13.3. The Morgan fingerprint density at radius 2 is 1.50 bits per heavy atom. The van der Waals surface area contributed by atoms with Gasteiger partial charge in [-0.05, 0) is 27.7 Å². The molecule has 0 aliphatic rings. The van der Waals surface area contributed by atoms with Crippen LogP contribution < -0.4 is 0 Å². The van der Waals surface area contributed by atoms with Crippen LogP contribution >= 0.6 is 19.2 Å². The molecule has 0 unspecified atom stereocenters. The lowest BCUT2D eigenvalue weighted by atomic mass is 9.98. The maximum absolute atomic E-state index is 13.1. The van der Waals surface area contributed by atoms with E-state index in [4.69, 9.17) is 25.4 Å². The highest BCUT2D eigenvalue weighted by atomic mass is 35.5. The molecule has 0 saturated heterocycles. The van der Waals surface area contributed by atoms with E-state index in [0.29, 0.717) is 0 Å². The van der Waals surface area contributed by atoms with Crippen molar-refractivity contribution in [1.29, 1.82) is 0 Å². The molecule has 0 fully saturated rings. The standard InChI is InChI=1S/C13H26ClO5P/c1-9(2)18-20(16,19-10(3)4)12(13(5,6)7)17-11(15)8-14/h9-10,12H,8H2,1-7H3/t12-/m1/s1. The van der Waals surface area contributed by atoms with Gasteiger partial charge in [0.1, 0.15) is 5.88 Å². The summed E-state index contributed by atoms with van der Waals surface area (Å²) in [6, 6.07) is 0. The topological polar surface area (TPSA) is 61.8 Å². The minimum atomic E-state index is -3.63.